The van der Waals surface area contributed by atoms with E-state index in [0.29, 0.717) is 11.4 Å². The molecule has 3 aromatic carbocycles. The quantitative estimate of drug-likeness (QED) is 0.559. The topological polar surface area (TPSA) is 66.8 Å². The number of hydrogen-bond acceptors (Lipinski definition) is 4. The van der Waals surface area contributed by atoms with Crippen molar-refractivity contribution in [2.45, 2.75) is 6.04 Å². The fourth-order valence-electron chi connectivity index (χ4n) is 3.68. The summed E-state index contributed by atoms with van der Waals surface area (Å²) in [5.41, 5.74) is 1.10. The molecule has 0 bridgehead atoms. The van der Waals surface area contributed by atoms with Gasteiger partial charge < -0.3 is 9.84 Å². The molecule has 1 N–H and O–H groups in total. The highest BCUT2D eigenvalue weighted by molar-refractivity contribution is 6.19. The number of rotatable bonds is 6. The maximum atomic E-state index is 14.8. The smallest absolute Gasteiger partial charge is 0.294 e. The van der Waals surface area contributed by atoms with E-state index in [-0.39, 0.29) is 11.1 Å². The number of benzene rings is 3. The van der Waals surface area contributed by atoms with E-state index in [2.05, 4.69) is 0 Å². The molecule has 6 heteroatoms. The predicted octanol–water partition coefficient (Wildman–Crippen LogP) is 5.02. The number of carbonyl (C=O) groups excluding carboxylic acids is 2. The Morgan fingerprint density at radius 3 is 2.31 bits per heavy atom. The molecule has 0 saturated carbocycles. The summed E-state index contributed by atoms with van der Waals surface area (Å²) >= 11 is 0. The normalized spacial score (nSPS) is 16.1. The van der Waals surface area contributed by atoms with E-state index in [4.69, 9.17) is 4.74 Å². The van der Waals surface area contributed by atoms with Gasteiger partial charge in [-0.05, 0) is 42.0 Å². The molecule has 1 atom stereocenters. The van der Waals surface area contributed by atoms with E-state index < -0.39 is 29.3 Å². The molecule has 1 aliphatic rings. The number of halogens is 1. The summed E-state index contributed by atoms with van der Waals surface area (Å²) in [7, 11) is 1.52. The lowest BCUT2D eigenvalue weighted by molar-refractivity contribution is -0.117. The van der Waals surface area contributed by atoms with Crippen LogP contribution in [0.25, 0.3) is 6.08 Å². The Hall–Kier alpha value is -4.19. The van der Waals surface area contributed by atoms with Crippen molar-refractivity contribution in [1.29, 1.82) is 0 Å². The molecule has 160 valence electrons. The van der Waals surface area contributed by atoms with Gasteiger partial charge >= 0.3 is 0 Å². The SMILES string of the molecule is COc1ccc(N2C(=O)C(O)=C(C(=O)/C=C/c3ccccc3)[C@@H]2c2ccccc2F)cc1. The number of methoxy groups -OCH3 is 1. The molecule has 0 aromatic heterocycles. The van der Waals surface area contributed by atoms with Crippen molar-refractivity contribution in [2.24, 2.45) is 0 Å². The van der Waals surface area contributed by atoms with Crippen LogP contribution in [-0.4, -0.2) is 23.9 Å². The number of amides is 1. The van der Waals surface area contributed by atoms with Gasteiger partial charge in [-0.1, -0.05) is 54.6 Å². The number of carbonyl (C=O) groups is 2. The molecule has 0 fully saturated rings. The first-order valence-electron chi connectivity index (χ1n) is 9.94. The van der Waals surface area contributed by atoms with Crippen molar-refractivity contribution in [1.82, 2.24) is 0 Å². The largest absolute Gasteiger partial charge is 0.503 e. The number of nitrogens with zero attached hydrogens (tertiary/aromatic N) is 1. The van der Waals surface area contributed by atoms with Crippen molar-refractivity contribution in [3.63, 3.8) is 0 Å². The van der Waals surface area contributed by atoms with Gasteiger partial charge in [0.15, 0.2) is 11.5 Å². The zero-order valence-corrected chi connectivity index (χ0v) is 17.2. The Morgan fingerprint density at radius 1 is 1.00 bits per heavy atom. The lowest BCUT2D eigenvalue weighted by Gasteiger charge is -2.27. The second kappa shape index (κ2) is 8.89. The number of aliphatic hydroxyl groups excluding tert-OH is 1. The van der Waals surface area contributed by atoms with Crippen molar-refractivity contribution < 1.29 is 23.8 Å². The Kier molecular flexibility index (Phi) is 5.85. The third-order valence-corrected chi connectivity index (χ3v) is 5.25. The number of aliphatic hydroxyl groups is 1. The third kappa shape index (κ3) is 3.90. The van der Waals surface area contributed by atoms with E-state index in [1.54, 1.807) is 36.4 Å². The van der Waals surface area contributed by atoms with E-state index in [0.717, 1.165) is 5.56 Å². The summed E-state index contributed by atoms with van der Waals surface area (Å²) in [6, 6.07) is 20.4. The average molecular weight is 429 g/mol. The van der Waals surface area contributed by atoms with Crippen LogP contribution in [0.5, 0.6) is 5.75 Å². The predicted molar refractivity (Wildman–Crippen MR) is 120 cm³/mol. The number of ketones is 1. The van der Waals surface area contributed by atoms with Crippen LogP contribution < -0.4 is 9.64 Å². The number of anilines is 1. The summed E-state index contributed by atoms with van der Waals surface area (Å²) < 4.78 is 20.0. The van der Waals surface area contributed by atoms with Gasteiger partial charge in [0.2, 0.25) is 0 Å². The summed E-state index contributed by atoms with van der Waals surface area (Å²) in [5.74, 6) is -2.07. The van der Waals surface area contributed by atoms with Crippen molar-refractivity contribution in [3.8, 4) is 5.75 Å². The number of ether oxygens (including phenoxy) is 1. The zero-order chi connectivity index (χ0) is 22.7. The molecule has 5 nitrogen and oxygen atoms in total. The van der Waals surface area contributed by atoms with Gasteiger partial charge in [0, 0.05) is 11.3 Å². The van der Waals surface area contributed by atoms with Crippen LogP contribution in [0.15, 0.2) is 96.3 Å². The first-order valence-corrected chi connectivity index (χ1v) is 9.94. The first-order chi connectivity index (χ1) is 15.5. The van der Waals surface area contributed by atoms with Crippen LogP contribution in [0.4, 0.5) is 10.1 Å². The second-order valence-electron chi connectivity index (χ2n) is 7.17. The number of hydrogen-bond donors (Lipinski definition) is 1. The lowest BCUT2D eigenvalue weighted by Crippen LogP contribution is -2.31. The van der Waals surface area contributed by atoms with Crippen LogP contribution in [-0.2, 0) is 9.59 Å². The molecule has 4 rings (SSSR count). The van der Waals surface area contributed by atoms with E-state index in [9.17, 15) is 19.1 Å². The van der Waals surface area contributed by atoms with E-state index >= 15 is 0 Å². The van der Waals surface area contributed by atoms with Crippen LogP contribution >= 0.6 is 0 Å². The van der Waals surface area contributed by atoms with Gasteiger partial charge in [-0.3, -0.25) is 14.5 Å². The zero-order valence-electron chi connectivity index (χ0n) is 17.2. The molecular formula is C26H20FNO4. The molecule has 0 spiro atoms. The van der Waals surface area contributed by atoms with Gasteiger partial charge in [-0.15, -0.1) is 0 Å². The average Bonchev–Trinajstić information content (AvgIpc) is 3.09. The minimum atomic E-state index is -1.12. The third-order valence-electron chi connectivity index (χ3n) is 5.25. The first kappa shape index (κ1) is 21.1. The molecular weight excluding hydrogens is 409 g/mol. The van der Waals surface area contributed by atoms with Crippen molar-refractivity contribution >= 4 is 23.5 Å². The Balaban J connectivity index is 1.79. The van der Waals surface area contributed by atoms with Crippen LogP contribution in [0.3, 0.4) is 0 Å². The van der Waals surface area contributed by atoms with Gasteiger partial charge in [0.05, 0.1) is 18.7 Å². The van der Waals surface area contributed by atoms with E-state index in [1.807, 2.05) is 30.3 Å². The van der Waals surface area contributed by atoms with Gasteiger partial charge in [0.25, 0.3) is 5.91 Å². The van der Waals surface area contributed by atoms with Crippen LogP contribution in [0.1, 0.15) is 17.2 Å². The Morgan fingerprint density at radius 2 is 1.66 bits per heavy atom. The van der Waals surface area contributed by atoms with Crippen molar-refractivity contribution in [2.75, 3.05) is 12.0 Å². The lowest BCUT2D eigenvalue weighted by atomic mass is 9.95. The standard InChI is InChI=1S/C26H20FNO4/c1-32-19-14-12-18(13-15-19)28-24(20-9-5-6-10-21(20)27)23(25(30)26(28)31)22(29)16-11-17-7-3-2-4-8-17/h2-16,24,30H,1H3/b16-11+/t24-/m0/s1. The van der Waals surface area contributed by atoms with Gasteiger partial charge in [-0.25, -0.2) is 4.39 Å². The minimum absolute atomic E-state index is 0.108. The highest BCUT2D eigenvalue weighted by Crippen LogP contribution is 2.42. The highest BCUT2D eigenvalue weighted by atomic mass is 19.1. The van der Waals surface area contributed by atoms with Gasteiger partial charge in [-0.2, -0.15) is 0 Å². The highest BCUT2D eigenvalue weighted by Gasteiger charge is 2.44. The maximum absolute atomic E-state index is 14.8. The second-order valence-corrected chi connectivity index (χ2v) is 7.17. The summed E-state index contributed by atoms with van der Waals surface area (Å²) in [6.07, 6.45) is 2.86. The summed E-state index contributed by atoms with van der Waals surface area (Å²) in [4.78, 5) is 27.4. The molecule has 1 aliphatic heterocycles. The molecule has 0 aliphatic carbocycles. The monoisotopic (exact) mass is 429 g/mol. The molecule has 1 heterocycles. The molecule has 0 unspecified atom stereocenters. The Labute approximate surface area is 184 Å². The summed E-state index contributed by atoms with van der Waals surface area (Å²) in [5, 5.41) is 10.7. The molecule has 1 amide bonds. The number of allylic oxidation sites excluding steroid dienone is 1. The summed E-state index contributed by atoms with van der Waals surface area (Å²) in [6.45, 7) is 0. The minimum Gasteiger partial charge on any atom is -0.503 e. The maximum Gasteiger partial charge on any atom is 0.294 e. The molecule has 0 saturated heterocycles. The van der Waals surface area contributed by atoms with E-state index in [1.165, 1.54) is 36.3 Å². The fourth-order valence-corrected chi connectivity index (χ4v) is 3.68. The molecule has 32 heavy (non-hydrogen) atoms. The van der Waals surface area contributed by atoms with Crippen LogP contribution in [0, 0.1) is 5.82 Å². The fraction of sp³-hybridized carbons (Fsp3) is 0.0769. The van der Waals surface area contributed by atoms with Crippen molar-refractivity contribution in [3.05, 3.63) is 113 Å². The molecule has 0 radical (unpaired) electrons. The van der Waals surface area contributed by atoms with Gasteiger partial charge in [0.1, 0.15) is 11.6 Å². The van der Waals surface area contributed by atoms with Crippen LogP contribution in [0.2, 0.25) is 0 Å². The molecule has 3 aromatic rings. The Bertz CT molecular complexity index is 1220.